The highest BCUT2D eigenvalue weighted by atomic mass is 32.2. The summed E-state index contributed by atoms with van der Waals surface area (Å²) in [6.07, 6.45) is 5.91. The van der Waals surface area contributed by atoms with E-state index in [9.17, 15) is 8.42 Å². The van der Waals surface area contributed by atoms with Crippen LogP contribution in [0.4, 0.5) is 20.3 Å². The fourth-order valence-electron chi connectivity index (χ4n) is 3.97. The third-order valence-electron chi connectivity index (χ3n) is 5.44. The SMILES string of the molecule is C[C@H]1CCCCN1c1nc(F)c2c(c1F)S(=O)(=O)CCN2Cc1cccnc1. The summed E-state index contributed by atoms with van der Waals surface area (Å²) >= 11 is 0. The zero-order valence-corrected chi connectivity index (χ0v) is 16.4. The second-order valence-corrected chi connectivity index (χ2v) is 9.40. The van der Waals surface area contributed by atoms with Gasteiger partial charge < -0.3 is 9.80 Å². The fourth-order valence-corrected chi connectivity index (χ4v) is 5.51. The molecule has 0 spiro atoms. The topological polar surface area (TPSA) is 66.4 Å². The summed E-state index contributed by atoms with van der Waals surface area (Å²) in [5.74, 6) is -2.36. The summed E-state index contributed by atoms with van der Waals surface area (Å²) in [6.45, 7) is 2.75. The molecule has 2 aliphatic rings. The first-order valence-electron chi connectivity index (χ1n) is 9.40. The Balaban J connectivity index is 1.82. The van der Waals surface area contributed by atoms with Gasteiger partial charge in [0.1, 0.15) is 10.6 Å². The number of halogens is 2. The van der Waals surface area contributed by atoms with Crippen molar-refractivity contribution in [2.45, 2.75) is 43.7 Å². The number of anilines is 2. The van der Waals surface area contributed by atoms with Crippen LogP contribution in [-0.4, -0.2) is 43.3 Å². The van der Waals surface area contributed by atoms with E-state index in [0.717, 1.165) is 24.8 Å². The molecule has 2 aromatic rings. The Morgan fingerprint density at radius 1 is 1.25 bits per heavy atom. The lowest BCUT2D eigenvalue weighted by Crippen LogP contribution is -2.41. The Morgan fingerprint density at radius 3 is 2.79 bits per heavy atom. The predicted octanol–water partition coefficient (Wildman–Crippen LogP) is 2.93. The van der Waals surface area contributed by atoms with E-state index in [1.807, 2.05) is 6.92 Å². The highest BCUT2D eigenvalue weighted by Crippen LogP contribution is 2.39. The van der Waals surface area contributed by atoms with Crippen molar-refractivity contribution in [3.8, 4) is 0 Å². The molecule has 0 bridgehead atoms. The van der Waals surface area contributed by atoms with E-state index >= 15 is 8.78 Å². The van der Waals surface area contributed by atoms with Gasteiger partial charge in [-0.05, 0) is 37.8 Å². The number of hydrogen-bond acceptors (Lipinski definition) is 6. The van der Waals surface area contributed by atoms with Crippen molar-refractivity contribution in [2.24, 2.45) is 0 Å². The zero-order chi connectivity index (χ0) is 19.9. The fraction of sp³-hybridized carbons (Fsp3) is 0.474. The lowest BCUT2D eigenvalue weighted by Gasteiger charge is -2.36. The van der Waals surface area contributed by atoms with E-state index in [1.165, 1.54) is 4.90 Å². The smallest absolute Gasteiger partial charge is 0.239 e. The molecule has 1 atom stereocenters. The van der Waals surface area contributed by atoms with Gasteiger partial charge >= 0.3 is 0 Å². The number of piperidine rings is 1. The van der Waals surface area contributed by atoms with Gasteiger partial charge in [0, 0.05) is 38.1 Å². The summed E-state index contributed by atoms with van der Waals surface area (Å²) in [4.78, 5) is 10.5. The molecule has 6 nitrogen and oxygen atoms in total. The highest BCUT2D eigenvalue weighted by Gasteiger charge is 2.38. The van der Waals surface area contributed by atoms with Crippen molar-refractivity contribution in [1.29, 1.82) is 0 Å². The van der Waals surface area contributed by atoms with Crippen LogP contribution >= 0.6 is 0 Å². The van der Waals surface area contributed by atoms with Gasteiger partial charge in [-0.2, -0.15) is 9.37 Å². The monoisotopic (exact) mass is 408 g/mol. The molecule has 9 heteroatoms. The Morgan fingerprint density at radius 2 is 2.07 bits per heavy atom. The molecule has 1 saturated heterocycles. The summed E-state index contributed by atoms with van der Waals surface area (Å²) in [5, 5.41) is 0. The predicted molar refractivity (Wildman–Crippen MR) is 102 cm³/mol. The van der Waals surface area contributed by atoms with Crippen LogP contribution in [0.5, 0.6) is 0 Å². The molecule has 0 aromatic carbocycles. The maximum Gasteiger partial charge on any atom is 0.239 e. The van der Waals surface area contributed by atoms with Gasteiger partial charge in [0.25, 0.3) is 0 Å². The lowest BCUT2D eigenvalue weighted by molar-refractivity contribution is 0.456. The second kappa shape index (κ2) is 7.27. The number of sulfone groups is 1. The molecule has 4 rings (SSSR count). The minimum Gasteiger partial charge on any atom is -0.361 e. The summed E-state index contributed by atoms with van der Waals surface area (Å²) in [5.41, 5.74) is 0.502. The number of pyridine rings is 2. The first kappa shape index (κ1) is 19.0. The van der Waals surface area contributed by atoms with Crippen LogP contribution in [0.25, 0.3) is 0 Å². The van der Waals surface area contributed by atoms with Crippen LogP contribution in [0, 0.1) is 11.8 Å². The molecule has 0 N–H and O–H groups in total. The first-order valence-corrected chi connectivity index (χ1v) is 11.1. The van der Waals surface area contributed by atoms with Crippen molar-refractivity contribution >= 4 is 21.3 Å². The third kappa shape index (κ3) is 3.32. The molecule has 0 amide bonds. The highest BCUT2D eigenvalue weighted by molar-refractivity contribution is 7.91. The Kier molecular flexibility index (Phi) is 4.95. The van der Waals surface area contributed by atoms with E-state index in [1.54, 1.807) is 29.4 Å². The quantitative estimate of drug-likeness (QED) is 0.728. The van der Waals surface area contributed by atoms with Crippen LogP contribution in [0.1, 0.15) is 31.7 Å². The third-order valence-corrected chi connectivity index (χ3v) is 7.15. The average molecular weight is 408 g/mol. The van der Waals surface area contributed by atoms with Gasteiger partial charge in [-0.25, -0.2) is 12.8 Å². The van der Waals surface area contributed by atoms with E-state index < -0.39 is 26.5 Å². The summed E-state index contributed by atoms with van der Waals surface area (Å²) < 4.78 is 55.8. The van der Waals surface area contributed by atoms with Gasteiger partial charge in [0.2, 0.25) is 5.95 Å². The van der Waals surface area contributed by atoms with Crippen molar-refractivity contribution in [3.63, 3.8) is 0 Å². The molecule has 0 radical (unpaired) electrons. The molecule has 2 aliphatic heterocycles. The normalized spacial score (nSPS) is 21.5. The summed E-state index contributed by atoms with van der Waals surface area (Å²) in [6, 6.07) is 3.53. The average Bonchev–Trinajstić information content (AvgIpc) is 2.67. The van der Waals surface area contributed by atoms with E-state index in [0.29, 0.717) is 6.54 Å². The van der Waals surface area contributed by atoms with Gasteiger partial charge in [-0.3, -0.25) is 4.98 Å². The number of fused-ring (bicyclic) bond motifs is 1. The van der Waals surface area contributed by atoms with Crippen LogP contribution < -0.4 is 9.80 Å². The Bertz CT molecular complexity index is 985. The molecular weight excluding hydrogens is 386 g/mol. The van der Waals surface area contributed by atoms with Crippen LogP contribution in [0.3, 0.4) is 0 Å². The molecule has 28 heavy (non-hydrogen) atoms. The standard InChI is InChI=1S/C19H22F2N4O2S/c1-13-5-2-3-8-25(13)19-15(20)17-16(18(21)23-19)24(9-10-28(17,26)27)12-14-6-4-7-22-11-14/h4,6-7,11,13H,2-3,5,8-10,12H2,1H3/t13-/m0/s1. The number of hydrogen-bond donors (Lipinski definition) is 0. The minimum absolute atomic E-state index is 0.0222. The number of nitrogens with zero attached hydrogens (tertiary/aromatic N) is 4. The Hall–Kier alpha value is -2.29. The van der Waals surface area contributed by atoms with Crippen LogP contribution in [-0.2, 0) is 16.4 Å². The second-order valence-electron chi connectivity index (χ2n) is 7.36. The van der Waals surface area contributed by atoms with E-state index in [4.69, 9.17) is 0 Å². The van der Waals surface area contributed by atoms with Crippen molar-refractivity contribution in [1.82, 2.24) is 9.97 Å². The van der Waals surface area contributed by atoms with Crippen LogP contribution in [0.15, 0.2) is 29.4 Å². The van der Waals surface area contributed by atoms with Crippen molar-refractivity contribution in [3.05, 3.63) is 41.9 Å². The van der Waals surface area contributed by atoms with Gasteiger partial charge in [-0.1, -0.05) is 6.07 Å². The van der Waals surface area contributed by atoms with Gasteiger partial charge in [0.05, 0.1) is 5.75 Å². The molecule has 1 fully saturated rings. The molecule has 4 heterocycles. The van der Waals surface area contributed by atoms with Crippen molar-refractivity contribution in [2.75, 3.05) is 28.6 Å². The molecule has 0 aliphatic carbocycles. The molecule has 2 aromatic heterocycles. The summed E-state index contributed by atoms with van der Waals surface area (Å²) in [7, 11) is -3.94. The molecular formula is C19H22F2N4O2S. The molecule has 0 unspecified atom stereocenters. The first-order chi connectivity index (χ1) is 13.4. The Labute approximate surface area is 163 Å². The van der Waals surface area contributed by atoms with E-state index in [2.05, 4.69) is 9.97 Å². The maximum absolute atomic E-state index is 15.4. The minimum atomic E-state index is -3.94. The van der Waals surface area contributed by atoms with Gasteiger partial charge in [-0.15, -0.1) is 0 Å². The van der Waals surface area contributed by atoms with Crippen molar-refractivity contribution < 1.29 is 17.2 Å². The molecule has 0 saturated carbocycles. The zero-order valence-electron chi connectivity index (χ0n) is 15.6. The van der Waals surface area contributed by atoms with E-state index in [-0.39, 0.29) is 36.4 Å². The maximum atomic E-state index is 15.4. The molecule has 150 valence electrons. The van der Waals surface area contributed by atoms with Crippen LogP contribution in [0.2, 0.25) is 0 Å². The number of rotatable bonds is 3. The lowest BCUT2D eigenvalue weighted by atomic mass is 10.0. The van der Waals surface area contributed by atoms with Gasteiger partial charge in [0.15, 0.2) is 21.5 Å². The largest absolute Gasteiger partial charge is 0.361 e. The number of aromatic nitrogens is 2.